The molecule has 0 aromatic heterocycles. The minimum absolute atomic E-state index is 0.0353. The summed E-state index contributed by atoms with van der Waals surface area (Å²) in [6.45, 7) is 1.95. The molecule has 0 spiro atoms. The minimum atomic E-state index is -3.72. The lowest BCUT2D eigenvalue weighted by molar-refractivity contribution is 0.561. The average Bonchev–Trinajstić information content (AvgIpc) is 2.41. The van der Waals surface area contributed by atoms with Crippen molar-refractivity contribution in [1.82, 2.24) is 4.72 Å². The van der Waals surface area contributed by atoms with Crippen LogP contribution in [0.4, 0.5) is 4.39 Å². The lowest BCUT2D eigenvalue weighted by atomic mass is 10.1. The van der Waals surface area contributed by atoms with E-state index in [4.69, 9.17) is 0 Å². The molecule has 1 N–H and O–H groups in total. The van der Waals surface area contributed by atoms with Crippen LogP contribution in [0.2, 0.25) is 0 Å². The fourth-order valence-electron chi connectivity index (χ4n) is 1.86. The molecule has 0 fully saturated rings. The first kappa shape index (κ1) is 13.8. The summed E-state index contributed by atoms with van der Waals surface area (Å²) in [4.78, 5) is 0.158. The van der Waals surface area contributed by atoms with Gasteiger partial charge in [0, 0.05) is 6.42 Å². The van der Waals surface area contributed by atoms with E-state index in [0.717, 1.165) is 12.0 Å². The van der Waals surface area contributed by atoms with Crippen molar-refractivity contribution in [1.29, 1.82) is 0 Å². The van der Waals surface area contributed by atoms with Crippen LogP contribution in [0.3, 0.4) is 0 Å². The predicted octanol–water partition coefficient (Wildman–Crippen LogP) is 3.06. The van der Waals surface area contributed by atoms with Crippen LogP contribution >= 0.6 is 0 Å². The minimum Gasteiger partial charge on any atom is -0.277 e. The molecule has 1 aliphatic rings. The van der Waals surface area contributed by atoms with E-state index in [-0.39, 0.29) is 17.0 Å². The summed E-state index contributed by atoms with van der Waals surface area (Å²) in [7, 11) is -3.72. The van der Waals surface area contributed by atoms with Gasteiger partial charge in [-0.05, 0) is 36.6 Å². The van der Waals surface area contributed by atoms with Crippen LogP contribution in [0, 0.1) is 0 Å². The molecule has 5 heteroatoms. The molecule has 102 valence electrons. The quantitative estimate of drug-likeness (QED) is 0.922. The number of halogens is 1. The average molecular weight is 281 g/mol. The molecular weight excluding hydrogens is 265 g/mol. The number of allylic oxidation sites excluding steroid dienone is 3. The van der Waals surface area contributed by atoms with Gasteiger partial charge in [0.25, 0.3) is 10.0 Å². The Kier molecular flexibility index (Phi) is 4.04. The second kappa shape index (κ2) is 5.57. The Morgan fingerprint density at radius 1 is 1.37 bits per heavy atom. The monoisotopic (exact) mass is 281 g/mol. The van der Waals surface area contributed by atoms with Crippen LogP contribution in [0.15, 0.2) is 52.8 Å². The SMILES string of the molecule is CCc1cccc(S(=O)(=O)NC2=C(F)CCC=C2)c1. The van der Waals surface area contributed by atoms with Gasteiger partial charge in [-0.3, -0.25) is 4.72 Å². The molecule has 0 heterocycles. The van der Waals surface area contributed by atoms with E-state index in [9.17, 15) is 12.8 Å². The van der Waals surface area contributed by atoms with Crippen molar-refractivity contribution in [2.24, 2.45) is 0 Å². The van der Waals surface area contributed by atoms with E-state index in [2.05, 4.69) is 4.72 Å². The highest BCUT2D eigenvalue weighted by molar-refractivity contribution is 7.89. The summed E-state index contributed by atoms with van der Waals surface area (Å²) in [6.07, 6.45) is 4.81. The van der Waals surface area contributed by atoms with Gasteiger partial charge in [0.05, 0.1) is 10.6 Å². The van der Waals surface area contributed by atoms with Crippen molar-refractivity contribution in [2.75, 3.05) is 0 Å². The third kappa shape index (κ3) is 3.23. The molecule has 3 nitrogen and oxygen atoms in total. The number of hydrogen-bond acceptors (Lipinski definition) is 2. The molecule has 0 saturated carbocycles. The molecule has 0 amide bonds. The van der Waals surface area contributed by atoms with Crippen molar-refractivity contribution >= 4 is 10.0 Å². The fraction of sp³-hybridized carbons (Fsp3) is 0.286. The molecule has 0 aliphatic heterocycles. The van der Waals surface area contributed by atoms with E-state index in [1.165, 1.54) is 12.1 Å². The molecule has 0 atom stereocenters. The van der Waals surface area contributed by atoms with Gasteiger partial charge in [-0.1, -0.05) is 25.1 Å². The third-order valence-electron chi connectivity index (χ3n) is 2.97. The summed E-state index contributed by atoms with van der Waals surface area (Å²) < 4.78 is 40.2. The standard InChI is InChI=1S/C14H16FNO2S/c1-2-11-6-5-7-12(10-11)19(17,18)16-14-9-4-3-8-13(14)15/h4-7,9-10,16H,2-3,8H2,1H3. The molecule has 0 bridgehead atoms. The van der Waals surface area contributed by atoms with Gasteiger partial charge in [0.15, 0.2) is 0 Å². The smallest absolute Gasteiger partial charge is 0.261 e. The van der Waals surface area contributed by atoms with E-state index in [1.807, 2.05) is 13.0 Å². The number of nitrogens with one attached hydrogen (secondary N) is 1. The topological polar surface area (TPSA) is 46.2 Å². The largest absolute Gasteiger partial charge is 0.277 e. The molecule has 1 aromatic rings. The number of benzene rings is 1. The van der Waals surface area contributed by atoms with E-state index in [0.29, 0.717) is 6.42 Å². The Bertz CT molecular complexity index is 633. The first-order valence-electron chi connectivity index (χ1n) is 6.20. The lowest BCUT2D eigenvalue weighted by Crippen LogP contribution is -2.24. The molecular formula is C14H16FNO2S. The van der Waals surface area contributed by atoms with Gasteiger partial charge in [-0.15, -0.1) is 0 Å². The Morgan fingerprint density at radius 2 is 2.16 bits per heavy atom. The number of rotatable bonds is 4. The highest BCUT2D eigenvalue weighted by Crippen LogP contribution is 2.20. The van der Waals surface area contributed by atoms with Crippen LogP contribution in [0.5, 0.6) is 0 Å². The van der Waals surface area contributed by atoms with Crippen molar-refractivity contribution in [3.05, 3.63) is 53.5 Å². The van der Waals surface area contributed by atoms with Gasteiger partial charge in [-0.2, -0.15) is 0 Å². The Labute approximate surface area is 112 Å². The normalized spacial score (nSPS) is 15.7. The second-order valence-corrected chi connectivity index (χ2v) is 6.05. The molecule has 19 heavy (non-hydrogen) atoms. The zero-order valence-corrected chi connectivity index (χ0v) is 11.5. The Hall–Kier alpha value is -1.62. The maximum Gasteiger partial charge on any atom is 0.261 e. The van der Waals surface area contributed by atoms with Crippen LogP contribution < -0.4 is 4.72 Å². The maximum absolute atomic E-state index is 13.5. The second-order valence-electron chi connectivity index (χ2n) is 4.37. The molecule has 2 rings (SSSR count). The zero-order chi connectivity index (χ0) is 13.9. The summed E-state index contributed by atoms with van der Waals surface area (Å²) in [6, 6.07) is 6.66. The number of sulfonamides is 1. The highest BCUT2D eigenvalue weighted by Gasteiger charge is 2.18. The van der Waals surface area contributed by atoms with Gasteiger partial charge < -0.3 is 0 Å². The third-order valence-corrected chi connectivity index (χ3v) is 4.33. The van der Waals surface area contributed by atoms with E-state index in [1.54, 1.807) is 18.2 Å². The van der Waals surface area contributed by atoms with Crippen molar-refractivity contribution < 1.29 is 12.8 Å². The first-order chi connectivity index (χ1) is 9.03. The molecule has 0 unspecified atom stereocenters. The maximum atomic E-state index is 13.5. The number of aryl methyl sites for hydroxylation is 1. The van der Waals surface area contributed by atoms with Crippen LogP contribution in [0.25, 0.3) is 0 Å². The fourth-order valence-corrected chi connectivity index (χ4v) is 3.01. The molecule has 1 aromatic carbocycles. The van der Waals surface area contributed by atoms with Gasteiger partial charge in [0.1, 0.15) is 5.83 Å². The van der Waals surface area contributed by atoms with Crippen LogP contribution in [-0.4, -0.2) is 8.42 Å². The summed E-state index contributed by atoms with van der Waals surface area (Å²) in [5, 5.41) is 0. The summed E-state index contributed by atoms with van der Waals surface area (Å²) in [5.74, 6) is -0.419. The van der Waals surface area contributed by atoms with Crippen molar-refractivity contribution in [3.8, 4) is 0 Å². The highest BCUT2D eigenvalue weighted by atomic mass is 32.2. The predicted molar refractivity (Wildman–Crippen MR) is 72.6 cm³/mol. The lowest BCUT2D eigenvalue weighted by Gasteiger charge is -2.13. The van der Waals surface area contributed by atoms with Crippen molar-refractivity contribution in [2.45, 2.75) is 31.1 Å². The van der Waals surface area contributed by atoms with Crippen molar-refractivity contribution in [3.63, 3.8) is 0 Å². The number of hydrogen-bond donors (Lipinski definition) is 1. The van der Waals surface area contributed by atoms with Gasteiger partial charge in [0.2, 0.25) is 0 Å². The molecule has 0 saturated heterocycles. The molecule has 0 radical (unpaired) electrons. The van der Waals surface area contributed by atoms with E-state index >= 15 is 0 Å². The van der Waals surface area contributed by atoms with Crippen LogP contribution in [-0.2, 0) is 16.4 Å². The Morgan fingerprint density at radius 3 is 2.84 bits per heavy atom. The van der Waals surface area contributed by atoms with Gasteiger partial charge in [-0.25, -0.2) is 12.8 Å². The molecule has 1 aliphatic carbocycles. The first-order valence-corrected chi connectivity index (χ1v) is 7.68. The van der Waals surface area contributed by atoms with Gasteiger partial charge >= 0.3 is 0 Å². The van der Waals surface area contributed by atoms with E-state index < -0.39 is 15.9 Å². The summed E-state index contributed by atoms with van der Waals surface area (Å²) >= 11 is 0. The van der Waals surface area contributed by atoms with Crippen LogP contribution in [0.1, 0.15) is 25.3 Å². The summed E-state index contributed by atoms with van der Waals surface area (Å²) in [5.41, 5.74) is 0.963. The Balaban J connectivity index is 2.30. The zero-order valence-electron chi connectivity index (χ0n) is 10.7.